The minimum Gasteiger partial charge on any atom is -0.481 e. The Morgan fingerprint density at radius 2 is 1.58 bits per heavy atom. The third-order valence-corrected chi connectivity index (χ3v) is 15.9. The number of halogens is 2. The molecular formula is C61H68ClFN5O4+. The van der Waals surface area contributed by atoms with E-state index in [-0.39, 0.29) is 29.1 Å². The van der Waals surface area contributed by atoms with Crippen LogP contribution in [-0.2, 0) is 33.4 Å². The van der Waals surface area contributed by atoms with Gasteiger partial charge in [-0.05, 0) is 123 Å². The van der Waals surface area contributed by atoms with Gasteiger partial charge in [0.25, 0.3) is 5.91 Å². The summed E-state index contributed by atoms with van der Waals surface area (Å²) in [4.78, 5) is 44.8. The summed E-state index contributed by atoms with van der Waals surface area (Å²) in [5.41, 5.74) is 14.3. The number of carbonyl (C=O) groups is 3. The Kier molecular flexibility index (Phi) is 14.9. The Morgan fingerprint density at radius 3 is 2.38 bits per heavy atom. The molecule has 374 valence electrons. The predicted octanol–water partition coefficient (Wildman–Crippen LogP) is 13.3. The highest BCUT2D eigenvalue weighted by molar-refractivity contribution is 6.32. The highest BCUT2D eigenvalue weighted by Crippen LogP contribution is 2.48. The molecular weight excluding hydrogens is 921 g/mol. The van der Waals surface area contributed by atoms with E-state index in [1.54, 1.807) is 4.90 Å². The lowest BCUT2D eigenvalue weighted by molar-refractivity contribution is -0.438. The van der Waals surface area contributed by atoms with E-state index in [9.17, 15) is 18.8 Å². The van der Waals surface area contributed by atoms with Crippen LogP contribution in [0.15, 0.2) is 131 Å². The van der Waals surface area contributed by atoms with Crippen LogP contribution < -0.4 is 10.2 Å². The number of para-hydroxylation sites is 2. The molecule has 3 aliphatic heterocycles. The second-order valence-electron chi connectivity index (χ2n) is 21.1. The number of anilines is 1. The fourth-order valence-electron chi connectivity index (χ4n) is 11.5. The van der Waals surface area contributed by atoms with Crippen molar-refractivity contribution in [2.75, 3.05) is 31.6 Å². The van der Waals surface area contributed by atoms with E-state index >= 15 is 0 Å². The molecule has 0 fully saturated rings. The molecule has 72 heavy (non-hydrogen) atoms. The lowest BCUT2D eigenvalue weighted by atomic mass is 9.81. The van der Waals surface area contributed by atoms with Gasteiger partial charge in [-0.1, -0.05) is 105 Å². The van der Waals surface area contributed by atoms with E-state index < -0.39 is 11.8 Å². The zero-order valence-electron chi connectivity index (χ0n) is 42.5. The fraction of sp³-hybridized carbons (Fsp3) is 0.377. The van der Waals surface area contributed by atoms with Crippen molar-refractivity contribution in [3.63, 3.8) is 0 Å². The largest absolute Gasteiger partial charge is 0.481 e. The van der Waals surface area contributed by atoms with Crippen LogP contribution in [0.2, 0.25) is 0 Å². The van der Waals surface area contributed by atoms with Gasteiger partial charge in [-0.2, -0.15) is 4.58 Å². The van der Waals surface area contributed by atoms with Gasteiger partial charge in [0, 0.05) is 102 Å². The smallest absolute Gasteiger partial charge is 0.303 e. The zero-order chi connectivity index (χ0) is 50.7. The van der Waals surface area contributed by atoms with Gasteiger partial charge in [0.1, 0.15) is 12.4 Å². The van der Waals surface area contributed by atoms with Gasteiger partial charge in [0.05, 0.1) is 11.0 Å². The van der Waals surface area contributed by atoms with Crippen molar-refractivity contribution in [3.05, 3.63) is 165 Å². The van der Waals surface area contributed by atoms with E-state index in [1.165, 1.54) is 46.0 Å². The van der Waals surface area contributed by atoms with Gasteiger partial charge in [0.2, 0.25) is 11.6 Å². The average Bonchev–Trinajstić information content (AvgIpc) is 3.85. The quantitative estimate of drug-likeness (QED) is 0.0599. The van der Waals surface area contributed by atoms with Gasteiger partial charge in [-0.3, -0.25) is 14.4 Å². The summed E-state index contributed by atoms with van der Waals surface area (Å²) in [5, 5.41) is 13.6. The standard InChI is InChI=1S/C61H67ClFN5O4/c1-60(2)47-19-10-12-21-50(47)67(35-14-6-8-23-54(69)66(5)39-40-25-27-43(28-26-40)58-45-33-34-64-59(72)46-37-44(63)38-49(65-58)56(45)46)52(60)31-29-41-17-16-18-42(57(41)62)30-32-53-61(3,4)48-20-11-13-22-51(48)68(53)36-15-7-9-24-55(70)71/h10-13,19-22,25-32,37-38H,6-9,14-18,23-24,33-36,39H2,1-5H3,(H2-,64,65,70,71,72)/p+1. The molecule has 3 N–H and O–H groups in total. The molecule has 0 unspecified atom stereocenters. The number of aromatic amines is 1. The van der Waals surface area contributed by atoms with E-state index in [4.69, 9.17) is 16.7 Å². The molecule has 1 aliphatic carbocycles. The molecule has 2 amide bonds. The second-order valence-corrected chi connectivity index (χ2v) is 21.4. The number of carboxylic acid groups (broad SMARTS) is 1. The SMILES string of the molecule is CN(Cc1ccc(-c2[nH]c3cc(F)cc4c3c2CCNC4=O)cc1)C(=O)CCCCC[N+]1=C(/C=C/C2=C(Cl)C(=C/C=C3/N(CCCCCC(=O)O)c4ccccc4C3(C)C)/CCC2)C(C)(C)c2ccccc21. The minimum absolute atomic E-state index is 0.117. The Bertz CT molecular complexity index is 3080. The first-order chi connectivity index (χ1) is 34.6. The minimum atomic E-state index is -0.738. The number of carboxylic acids is 1. The first-order valence-electron chi connectivity index (χ1n) is 25.9. The van der Waals surface area contributed by atoms with Crippen LogP contribution in [-0.4, -0.2) is 69.7 Å². The van der Waals surface area contributed by atoms with Gasteiger partial charge >= 0.3 is 5.97 Å². The fourth-order valence-corrected chi connectivity index (χ4v) is 11.9. The molecule has 0 bridgehead atoms. The van der Waals surface area contributed by atoms with Crippen LogP contribution in [0.5, 0.6) is 0 Å². The highest BCUT2D eigenvalue weighted by Gasteiger charge is 2.44. The number of nitrogens with zero attached hydrogens (tertiary/aromatic N) is 3. The summed E-state index contributed by atoms with van der Waals surface area (Å²) in [6.45, 7) is 11.8. The predicted molar refractivity (Wildman–Crippen MR) is 289 cm³/mol. The van der Waals surface area contributed by atoms with E-state index in [1.807, 2.05) is 31.3 Å². The van der Waals surface area contributed by atoms with Crippen molar-refractivity contribution >= 4 is 57.4 Å². The lowest BCUT2D eigenvalue weighted by Gasteiger charge is -2.27. The monoisotopic (exact) mass is 988 g/mol. The van der Waals surface area contributed by atoms with E-state index in [2.05, 4.69) is 120 Å². The van der Waals surface area contributed by atoms with Gasteiger partial charge in [0.15, 0.2) is 5.71 Å². The number of hydrogen-bond acceptors (Lipinski definition) is 4. The summed E-state index contributed by atoms with van der Waals surface area (Å²) in [5.74, 6) is -1.33. The molecule has 0 saturated carbocycles. The number of amides is 2. The van der Waals surface area contributed by atoms with Gasteiger partial charge < -0.3 is 25.2 Å². The van der Waals surface area contributed by atoms with Crippen molar-refractivity contribution in [3.8, 4) is 11.3 Å². The van der Waals surface area contributed by atoms with Crippen LogP contribution in [0.4, 0.5) is 15.8 Å². The van der Waals surface area contributed by atoms with Gasteiger partial charge in [-0.15, -0.1) is 0 Å². The topological polar surface area (TPSA) is 109 Å². The maximum absolute atomic E-state index is 14.4. The van der Waals surface area contributed by atoms with Crippen LogP contribution in [0.1, 0.15) is 131 Å². The molecule has 4 aliphatic rings. The first-order valence-corrected chi connectivity index (χ1v) is 26.3. The highest BCUT2D eigenvalue weighted by atomic mass is 35.5. The lowest BCUT2D eigenvalue weighted by Crippen LogP contribution is -2.28. The van der Waals surface area contributed by atoms with Crippen molar-refractivity contribution < 1.29 is 28.5 Å². The molecule has 9 rings (SSSR count). The number of fused-ring (bicyclic) bond motifs is 2. The Morgan fingerprint density at radius 1 is 0.847 bits per heavy atom. The molecule has 4 heterocycles. The number of unbranched alkanes of at least 4 members (excludes halogenated alkanes) is 4. The van der Waals surface area contributed by atoms with Crippen LogP contribution in [0.25, 0.3) is 22.2 Å². The number of allylic oxidation sites excluding steroid dienone is 8. The van der Waals surface area contributed by atoms with Crippen LogP contribution >= 0.6 is 11.6 Å². The Hall–Kier alpha value is -6.52. The molecule has 0 atom stereocenters. The Balaban J connectivity index is 0.839. The third kappa shape index (κ3) is 10.3. The number of benzene rings is 4. The summed E-state index contributed by atoms with van der Waals surface area (Å²) < 4.78 is 16.9. The van der Waals surface area contributed by atoms with Crippen molar-refractivity contribution in [1.82, 2.24) is 15.2 Å². The molecule has 5 aromatic rings. The maximum Gasteiger partial charge on any atom is 0.303 e. The first kappa shape index (κ1) is 50.4. The zero-order valence-corrected chi connectivity index (χ0v) is 43.2. The van der Waals surface area contributed by atoms with E-state index in [0.29, 0.717) is 43.4 Å². The van der Waals surface area contributed by atoms with Crippen LogP contribution in [0.3, 0.4) is 0 Å². The number of rotatable bonds is 18. The molecule has 4 aromatic carbocycles. The molecule has 1 aromatic heterocycles. The maximum atomic E-state index is 14.4. The number of hydrogen-bond donors (Lipinski definition) is 3. The summed E-state index contributed by atoms with van der Waals surface area (Å²) in [6, 6.07) is 28.2. The third-order valence-electron chi connectivity index (χ3n) is 15.4. The summed E-state index contributed by atoms with van der Waals surface area (Å²) >= 11 is 7.33. The Labute approximate surface area is 428 Å². The summed E-state index contributed by atoms with van der Waals surface area (Å²) in [6.07, 6.45) is 18.4. The van der Waals surface area contributed by atoms with Crippen molar-refractivity contribution in [2.24, 2.45) is 0 Å². The van der Waals surface area contributed by atoms with Crippen molar-refractivity contribution in [2.45, 2.75) is 122 Å². The van der Waals surface area contributed by atoms with Gasteiger partial charge in [-0.25, -0.2) is 4.39 Å². The normalized spacial score (nSPS) is 18.1. The second kappa shape index (κ2) is 21.3. The molecule has 0 saturated heterocycles. The molecule has 0 spiro atoms. The number of H-pyrrole nitrogens is 1. The molecule has 9 nitrogen and oxygen atoms in total. The number of carbonyl (C=O) groups excluding carboxylic acids is 2. The molecule has 11 heteroatoms. The average molecular weight is 990 g/mol. The summed E-state index contributed by atoms with van der Waals surface area (Å²) in [7, 11) is 1.86. The number of nitrogens with one attached hydrogen (secondary N) is 2. The van der Waals surface area contributed by atoms with E-state index in [0.717, 1.165) is 108 Å². The number of aliphatic carboxylic acids is 1. The number of aromatic nitrogens is 1. The van der Waals surface area contributed by atoms with Crippen LogP contribution in [0, 0.1) is 5.82 Å². The van der Waals surface area contributed by atoms with Crippen molar-refractivity contribution in [1.29, 1.82) is 0 Å². The molecule has 0 radical (unpaired) electrons.